The molecule has 2 unspecified atom stereocenters. The maximum Gasteiger partial charge on any atom is 0.416 e. The van der Waals surface area contributed by atoms with Crippen LogP contribution in [0.5, 0.6) is 0 Å². The molecule has 0 aliphatic rings. The highest BCUT2D eigenvalue weighted by Gasteiger charge is 2.30. The van der Waals surface area contributed by atoms with Gasteiger partial charge in [0.2, 0.25) is 5.91 Å². The van der Waals surface area contributed by atoms with Crippen molar-refractivity contribution in [1.82, 2.24) is 5.32 Å². The van der Waals surface area contributed by atoms with Crippen molar-refractivity contribution in [3.8, 4) is 0 Å². The number of halogens is 3. The number of primary amides is 1. The zero-order valence-corrected chi connectivity index (χ0v) is 10.9. The Kier molecular flexibility index (Phi) is 5.52. The summed E-state index contributed by atoms with van der Waals surface area (Å²) in [6, 6.07) is 4.09. The van der Waals surface area contributed by atoms with Gasteiger partial charge in [0, 0.05) is 19.0 Å². The van der Waals surface area contributed by atoms with Crippen LogP contribution in [0.4, 0.5) is 13.2 Å². The van der Waals surface area contributed by atoms with Gasteiger partial charge in [-0.2, -0.15) is 13.2 Å². The van der Waals surface area contributed by atoms with E-state index in [2.05, 4.69) is 5.32 Å². The van der Waals surface area contributed by atoms with E-state index in [4.69, 9.17) is 5.73 Å². The van der Waals surface area contributed by atoms with Crippen LogP contribution in [-0.2, 0) is 11.0 Å². The van der Waals surface area contributed by atoms with Crippen LogP contribution in [0.25, 0.3) is 0 Å². The summed E-state index contributed by atoms with van der Waals surface area (Å²) in [6.45, 7) is 1.85. The molecular weight excluding hydrogens is 273 g/mol. The smallest absolute Gasteiger partial charge is 0.387 e. The van der Waals surface area contributed by atoms with Gasteiger partial charge in [0.05, 0.1) is 11.7 Å². The molecule has 1 aromatic rings. The number of hydrogen-bond donors (Lipinski definition) is 3. The van der Waals surface area contributed by atoms with E-state index in [0.717, 1.165) is 12.1 Å². The van der Waals surface area contributed by atoms with E-state index in [1.807, 2.05) is 0 Å². The Balaban J connectivity index is 2.56. The van der Waals surface area contributed by atoms with Gasteiger partial charge in [-0.15, -0.1) is 0 Å². The Hall–Kier alpha value is -1.60. The summed E-state index contributed by atoms with van der Waals surface area (Å²) in [7, 11) is 0. The zero-order valence-electron chi connectivity index (χ0n) is 10.9. The van der Waals surface area contributed by atoms with Crippen molar-refractivity contribution in [3.63, 3.8) is 0 Å². The molecule has 0 spiro atoms. The lowest BCUT2D eigenvalue weighted by molar-refractivity contribution is -0.137. The predicted molar refractivity (Wildman–Crippen MR) is 67.7 cm³/mol. The number of nitrogens with one attached hydrogen (secondary N) is 1. The van der Waals surface area contributed by atoms with E-state index in [0.29, 0.717) is 5.56 Å². The molecule has 0 fully saturated rings. The number of carbonyl (C=O) groups excluding carboxylic acids is 1. The number of amides is 1. The van der Waals surface area contributed by atoms with Crippen molar-refractivity contribution in [3.05, 3.63) is 35.4 Å². The lowest BCUT2D eigenvalue weighted by Gasteiger charge is -2.17. The van der Waals surface area contributed by atoms with Gasteiger partial charge < -0.3 is 16.2 Å². The van der Waals surface area contributed by atoms with Crippen LogP contribution in [-0.4, -0.2) is 23.6 Å². The van der Waals surface area contributed by atoms with E-state index < -0.39 is 23.8 Å². The van der Waals surface area contributed by atoms with Crippen molar-refractivity contribution in [2.24, 2.45) is 5.73 Å². The van der Waals surface area contributed by atoms with Gasteiger partial charge in [0.1, 0.15) is 0 Å². The average Bonchev–Trinajstić information content (AvgIpc) is 2.34. The van der Waals surface area contributed by atoms with Crippen molar-refractivity contribution in [2.45, 2.75) is 31.7 Å². The summed E-state index contributed by atoms with van der Waals surface area (Å²) in [5.74, 6) is -0.464. The van der Waals surface area contributed by atoms with E-state index in [-0.39, 0.29) is 19.0 Å². The highest BCUT2D eigenvalue weighted by molar-refractivity contribution is 5.74. The van der Waals surface area contributed by atoms with Gasteiger partial charge >= 0.3 is 6.18 Å². The summed E-state index contributed by atoms with van der Waals surface area (Å²) >= 11 is 0. The van der Waals surface area contributed by atoms with Gasteiger partial charge in [-0.05, 0) is 24.6 Å². The van der Waals surface area contributed by atoms with Crippen LogP contribution in [0, 0.1) is 0 Å². The zero-order chi connectivity index (χ0) is 15.3. The minimum absolute atomic E-state index is 0.125. The van der Waals surface area contributed by atoms with E-state index >= 15 is 0 Å². The monoisotopic (exact) mass is 290 g/mol. The molecule has 0 heterocycles. The number of aliphatic hydroxyl groups excluding tert-OH is 1. The second kappa shape index (κ2) is 6.71. The molecular formula is C13H17F3N2O2. The predicted octanol–water partition coefficient (Wildman–Crippen LogP) is 1.59. The number of aliphatic hydroxyl groups is 1. The number of carbonyl (C=O) groups is 1. The second-order valence-electron chi connectivity index (χ2n) is 4.62. The Morgan fingerprint density at radius 1 is 1.35 bits per heavy atom. The van der Waals surface area contributed by atoms with E-state index in [1.165, 1.54) is 12.1 Å². The van der Waals surface area contributed by atoms with Crippen molar-refractivity contribution in [1.29, 1.82) is 0 Å². The summed E-state index contributed by atoms with van der Waals surface area (Å²) in [5.41, 5.74) is 4.63. The SMILES string of the molecule is CC(CC(N)=O)NCC(O)c1ccc(C(F)(F)F)cc1. The Labute approximate surface area is 114 Å². The van der Waals surface area contributed by atoms with E-state index in [1.54, 1.807) is 6.92 Å². The number of hydrogen-bond acceptors (Lipinski definition) is 3. The molecule has 1 rings (SSSR count). The molecule has 0 saturated heterocycles. The van der Waals surface area contributed by atoms with E-state index in [9.17, 15) is 23.1 Å². The molecule has 112 valence electrons. The number of alkyl halides is 3. The molecule has 0 bridgehead atoms. The summed E-state index contributed by atoms with van der Waals surface area (Å²) in [6.07, 6.45) is -5.22. The molecule has 7 heteroatoms. The normalized spacial score (nSPS) is 14.8. The topological polar surface area (TPSA) is 75.4 Å². The van der Waals surface area contributed by atoms with Crippen LogP contribution in [0.15, 0.2) is 24.3 Å². The third-order valence-corrected chi connectivity index (χ3v) is 2.79. The number of nitrogens with two attached hydrogens (primary N) is 1. The molecule has 4 N–H and O–H groups in total. The molecule has 4 nitrogen and oxygen atoms in total. The molecule has 0 radical (unpaired) electrons. The Morgan fingerprint density at radius 2 is 1.90 bits per heavy atom. The maximum absolute atomic E-state index is 12.4. The first-order valence-electron chi connectivity index (χ1n) is 6.07. The van der Waals surface area contributed by atoms with Crippen LogP contribution in [0.1, 0.15) is 30.6 Å². The minimum Gasteiger partial charge on any atom is -0.387 e. The molecule has 0 aliphatic heterocycles. The second-order valence-corrected chi connectivity index (χ2v) is 4.62. The highest BCUT2D eigenvalue weighted by atomic mass is 19.4. The molecule has 20 heavy (non-hydrogen) atoms. The standard InChI is InChI=1S/C13H17F3N2O2/c1-8(6-12(17)20)18-7-11(19)9-2-4-10(5-3-9)13(14,15)16/h2-5,8,11,18-19H,6-7H2,1H3,(H2,17,20). The molecule has 2 atom stereocenters. The van der Waals surface area contributed by atoms with Gasteiger partial charge in [0.15, 0.2) is 0 Å². The van der Waals surface area contributed by atoms with Crippen molar-refractivity contribution in [2.75, 3.05) is 6.54 Å². The third kappa shape index (κ3) is 5.18. The minimum atomic E-state index is -4.39. The molecule has 0 saturated carbocycles. The van der Waals surface area contributed by atoms with Crippen LogP contribution >= 0.6 is 0 Å². The quantitative estimate of drug-likeness (QED) is 0.745. The molecule has 1 aromatic carbocycles. The fourth-order valence-electron chi connectivity index (χ4n) is 1.70. The first kappa shape index (κ1) is 16.5. The van der Waals surface area contributed by atoms with Crippen LogP contribution in [0.3, 0.4) is 0 Å². The molecule has 0 aliphatic carbocycles. The summed E-state index contributed by atoms with van der Waals surface area (Å²) in [4.78, 5) is 10.7. The van der Waals surface area contributed by atoms with Gasteiger partial charge in [-0.3, -0.25) is 4.79 Å². The lowest BCUT2D eigenvalue weighted by atomic mass is 10.1. The summed E-state index contributed by atoms with van der Waals surface area (Å²) < 4.78 is 37.1. The first-order valence-corrected chi connectivity index (χ1v) is 6.07. The largest absolute Gasteiger partial charge is 0.416 e. The Bertz CT molecular complexity index is 446. The van der Waals surface area contributed by atoms with Crippen molar-refractivity contribution >= 4 is 5.91 Å². The maximum atomic E-state index is 12.4. The van der Waals surface area contributed by atoms with Crippen molar-refractivity contribution < 1.29 is 23.1 Å². The molecule has 1 amide bonds. The fraction of sp³-hybridized carbons (Fsp3) is 0.462. The van der Waals surface area contributed by atoms with Gasteiger partial charge in [-0.25, -0.2) is 0 Å². The number of rotatable bonds is 6. The highest BCUT2D eigenvalue weighted by Crippen LogP contribution is 2.29. The average molecular weight is 290 g/mol. The fourth-order valence-corrected chi connectivity index (χ4v) is 1.70. The van der Waals surface area contributed by atoms with Crippen LogP contribution in [0.2, 0.25) is 0 Å². The Morgan fingerprint density at radius 3 is 2.35 bits per heavy atom. The molecule has 0 aromatic heterocycles. The van der Waals surface area contributed by atoms with Crippen LogP contribution < -0.4 is 11.1 Å². The summed E-state index contributed by atoms with van der Waals surface area (Å²) in [5, 5.41) is 12.7. The third-order valence-electron chi connectivity index (χ3n) is 2.79. The first-order chi connectivity index (χ1) is 9.20. The van der Waals surface area contributed by atoms with Gasteiger partial charge in [-0.1, -0.05) is 12.1 Å². The lowest BCUT2D eigenvalue weighted by Crippen LogP contribution is -2.33. The number of benzene rings is 1. The van der Waals surface area contributed by atoms with Gasteiger partial charge in [0.25, 0.3) is 0 Å².